The third-order valence-corrected chi connectivity index (χ3v) is 3.47. The van der Waals surface area contributed by atoms with E-state index < -0.39 is 5.97 Å². The molecule has 0 heterocycles. The molecule has 4 nitrogen and oxygen atoms in total. The zero-order chi connectivity index (χ0) is 15.1. The van der Waals surface area contributed by atoms with E-state index in [0.717, 1.165) is 5.56 Å². The Morgan fingerprint density at radius 3 is 2.50 bits per heavy atom. The molecule has 0 bridgehead atoms. The van der Waals surface area contributed by atoms with E-state index in [1.165, 1.54) is 0 Å². The number of hydrogen-bond donors (Lipinski definition) is 1. The Kier molecular flexibility index (Phi) is 6.52. The van der Waals surface area contributed by atoms with Gasteiger partial charge in [0.25, 0.3) is 0 Å². The van der Waals surface area contributed by atoms with Crippen molar-refractivity contribution in [2.24, 2.45) is 5.92 Å². The molecule has 0 radical (unpaired) electrons. The monoisotopic (exact) mass is 297 g/mol. The van der Waals surface area contributed by atoms with Crippen LogP contribution in [0.5, 0.6) is 0 Å². The minimum absolute atomic E-state index is 0.00931. The number of amides is 1. The van der Waals surface area contributed by atoms with E-state index in [9.17, 15) is 9.59 Å². The molecule has 5 heteroatoms. The van der Waals surface area contributed by atoms with Gasteiger partial charge in [-0.2, -0.15) is 0 Å². The summed E-state index contributed by atoms with van der Waals surface area (Å²) in [4.78, 5) is 24.5. The van der Waals surface area contributed by atoms with Crippen molar-refractivity contribution >= 4 is 23.5 Å². The van der Waals surface area contributed by atoms with Gasteiger partial charge in [0.2, 0.25) is 5.91 Å². The molecule has 1 rings (SSSR count). The van der Waals surface area contributed by atoms with Crippen LogP contribution in [-0.4, -0.2) is 28.4 Å². The summed E-state index contributed by atoms with van der Waals surface area (Å²) in [5.74, 6) is -1.08. The number of hydrogen-bond acceptors (Lipinski definition) is 2. The number of rotatable bonds is 7. The van der Waals surface area contributed by atoms with Crippen LogP contribution in [0.3, 0.4) is 0 Å². The molecule has 0 aliphatic rings. The normalized spacial score (nSPS) is 11.9. The largest absolute Gasteiger partial charge is 0.481 e. The standard InChI is InChI=1S/C15H20ClNO3/c1-3-17(10-12-6-4-5-7-13(12)16)14(18)8-11(2)9-15(19)20/h4-7,11H,3,8-10H2,1-2H3,(H,19,20). The first-order chi connectivity index (χ1) is 9.43. The van der Waals surface area contributed by atoms with Crippen LogP contribution in [0.15, 0.2) is 24.3 Å². The summed E-state index contributed by atoms with van der Waals surface area (Å²) >= 11 is 6.09. The summed E-state index contributed by atoms with van der Waals surface area (Å²) < 4.78 is 0. The fraction of sp³-hybridized carbons (Fsp3) is 0.467. The molecule has 20 heavy (non-hydrogen) atoms. The zero-order valence-electron chi connectivity index (χ0n) is 11.8. The number of nitrogens with zero attached hydrogens (tertiary/aromatic N) is 1. The van der Waals surface area contributed by atoms with Crippen LogP contribution in [-0.2, 0) is 16.1 Å². The molecule has 0 aliphatic heterocycles. The van der Waals surface area contributed by atoms with Crippen LogP contribution >= 0.6 is 11.6 Å². The molecule has 0 fully saturated rings. The van der Waals surface area contributed by atoms with E-state index >= 15 is 0 Å². The number of halogens is 1. The second-order valence-electron chi connectivity index (χ2n) is 4.91. The predicted octanol–water partition coefficient (Wildman–Crippen LogP) is 3.19. The number of carbonyl (C=O) groups excluding carboxylic acids is 1. The van der Waals surface area contributed by atoms with Gasteiger partial charge in [-0.15, -0.1) is 0 Å². The first-order valence-electron chi connectivity index (χ1n) is 6.67. The molecular formula is C15H20ClNO3. The highest BCUT2D eigenvalue weighted by atomic mass is 35.5. The van der Waals surface area contributed by atoms with E-state index in [1.807, 2.05) is 25.1 Å². The second kappa shape index (κ2) is 7.90. The van der Waals surface area contributed by atoms with Crippen molar-refractivity contribution in [3.8, 4) is 0 Å². The van der Waals surface area contributed by atoms with Gasteiger partial charge in [-0.25, -0.2) is 0 Å². The first-order valence-corrected chi connectivity index (χ1v) is 7.04. The molecule has 1 atom stereocenters. The van der Waals surface area contributed by atoms with Gasteiger partial charge in [0, 0.05) is 31.0 Å². The Labute approximate surface area is 124 Å². The van der Waals surface area contributed by atoms with Crippen LogP contribution < -0.4 is 0 Å². The summed E-state index contributed by atoms with van der Waals surface area (Å²) in [6, 6.07) is 7.41. The van der Waals surface area contributed by atoms with Crippen molar-refractivity contribution in [3.63, 3.8) is 0 Å². The predicted molar refractivity (Wildman–Crippen MR) is 78.6 cm³/mol. The maximum atomic E-state index is 12.2. The average molecular weight is 298 g/mol. The average Bonchev–Trinajstić information content (AvgIpc) is 2.36. The van der Waals surface area contributed by atoms with Crippen molar-refractivity contribution in [2.45, 2.75) is 33.2 Å². The molecule has 110 valence electrons. The zero-order valence-corrected chi connectivity index (χ0v) is 12.6. The van der Waals surface area contributed by atoms with Gasteiger partial charge >= 0.3 is 5.97 Å². The van der Waals surface area contributed by atoms with Gasteiger partial charge in [-0.05, 0) is 24.5 Å². The lowest BCUT2D eigenvalue weighted by molar-refractivity contribution is -0.138. The molecule has 1 unspecified atom stereocenters. The lowest BCUT2D eigenvalue weighted by Crippen LogP contribution is -2.31. The van der Waals surface area contributed by atoms with Crippen LogP contribution in [0.4, 0.5) is 0 Å². The lowest BCUT2D eigenvalue weighted by atomic mass is 10.0. The van der Waals surface area contributed by atoms with Crippen LogP contribution in [0.1, 0.15) is 32.3 Å². The minimum atomic E-state index is -0.876. The maximum absolute atomic E-state index is 12.2. The smallest absolute Gasteiger partial charge is 0.303 e. The third kappa shape index (κ3) is 5.21. The topological polar surface area (TPSA) is 57.6 Å². The van der Waals surface area contributed by atoms with Gasteiger partial charge in [-0.1, -0.05) is 36.7 Å². The van der Waals surface area contributed by atoms with Gasteiger partial charge in [0.1, 0.15) is 0 Å². The van der Waals surface area contributed by atoms with Crippen LogP contribution in [0.25, 0.3) is 0 Å². The van der Waals surface area contributed by atoms with Gasteiger partial charge in [0.15, 0.2) is 0 Å². The minimum Gasteiger partial charge on any atom is -0.481 e. The van der Waals surface area contributed by atoms with E-state index in [1.54, 1.807) is 17.9 Å². The van der Waals surface area contributed by atoms with Gasteiger partial charge in [0.05, 0.1) is 0 Å². The molecule has 0 aromatic heterocycles. The highest BCUT2D eigenvalue weighted by Crippen LogP contribution is 2.18. The van der Waals surface area contributed by atoms with Crippen molar-refractivity contribution < 1.29 is 14.7 Å². The second-order valence-corrected chi connectivity index (χ2v) is 5.31. The third-order valence-electron chi connectivity index (χ3n) is 3.10. The summed E-state index contributed by atoms with van der Waals surface area (Å²) in [6.45, 7) is 4.70. The summed E-state index contributed by atoms with van der Waals surface area (Å²) in [6.07, 6.45) is 0.250. The summed E-state index contributed by atoms with van der Waals surface area (Å²) in [7, 11) is 0. The van der Waals surface area contributed by atoms with E-state index in [-0.39, 0.29) is 24.7 Å². The molecule has 0 aliphatic carbocycles. The Morgan fingerprint density at radius 1 is 1.30 bits per heavy atom. The fourth-order valence-corrected chi connectivity index (χ4v) is 2.20. The summed E-state index contributed by atoms with van der Waals surface area (Å²) in [5, 5.41) is 9.36. The van der Waals surface area contributed by atoms with Crippen LogP contribution in [0, 0.1) is 5.92 Å². The number of aliphatic carboxylic acids is 1. The summed E-state index contributed by atoms with van der Waals surface area (Å²) in [5.41, 5.74) is 0.898. The number of benzene rings is 1. The van der Waals surface area contributed by atoms with Crippen molar-refractivity contribution in [2.75, 3.05) is 6.54 Å². The highest BCUT2D eigenvalue weighted by molar-refractivity contribution is 6.31. The van der Waals surface area contributed by atoms with E-state index in [0.29, 0.717) is 18.1 Å². The maximum Gasteiger partial charge on any atom is 0.303 e. The molecule has 1 amide bonds. The van der Waals surface area contributed by atoms with Crippen molar-refractivity contribution in [1.82, 2.24) is 4.90 Å². The highest BCUT2D eigenvalue weighted by Gasteiger charge is 2.18. The molecule has 1 aromatic rings. The Balaban J connectivity index is 2.64. The van der Waals surface area contributed by atoms with Crippen molar-refractivity contribution in [3.05, 3.63) is 34.9 Å². The molecule has 1 N–H and O–H groups in total. The van der Waals surface area contributed by atoms with Gasteiger partial charge in [-0.3, -0.25) is 9.59 Å². The van der Waals surface area contributed by atoms with E-state index in [4.69, 9.17) is 16.7 Å². The lowest BCUT2D eigenvalue weighted by Gasteiger charge is -2.23. The van der Waals surface area contributed by atoms with Gasteiger partial charge < -0.3 is 10.0 Å². The first kappa shape index (κ1) is 16.5. The molecule has 1 aromatic carbocycles. The molecular weight excluding hydrogens is 278 g/mol. The van der Waals surface area contributed by atoms with Crippen molar-refractivity contribution in [1.29, 1.82) is 0 Å². The Morgan fingerprint density at radius 2 is 1.95 bits per heavy atom. The fourth-order valence-electron chi connectivity index (χ4n) is 2.01. The quantitative estimate of drug-likeness (QED) is 0.841. The molecule has 0 saturated carbocycles. The Bertz CT molecular complexity index is 476. The number of carboxylic acids is 1. The van der Waals surface area contributed by atoms with E-state index in [2.05, 4.69) is 0 Å². The molecule has 0 spiro atoms. The van der Waals surface area contributed by atoms with Crippen LogP contribution in [0.2, 0.25) is 5.02 Å². The number of carboxylic acid groups (broad SMARTS) is 1. The SMILES string of the molecule is CCN(Cc1ccccc1Cl)C(=O)CC(C)CC(=O)O. The molecule has 0 saturated heterocycles. The number of carbonyl (C=O) groups is 2. The Hall–Kier alpha value is -1.55.